The highest BCUT2D eigenvalue weighted by Crippen LogP contribution is 2.59. The molecule has 8 aromatic rings. The number of benzene rings is 6. The first-order valence-electron chi connectivity index (χ1n) is 16.8. The molecular weight excluding hydrogens is 611 g/mol. The minimum atomic E-state index is -0.692. The van der Waals surface area contributed by atoms with Crippen LogP contribution in [-0.2, 0) is 5.41 Å². The Morgan fingerprint density at radius 1 is 0.480 bits per heavy atom. The first kappa shape index (κ1) is 28.4. The Morgan fingerprint density at radius 2 is 1.20 bits per heavy atom. The number of pyridine rings is 1. The SMILES string of the molecule is C1=Cc2ccc(-c3nc(-c4ccccc4)cc(-c4cccnc4)n3)cc2C2(c3ccccc31)c1ccccc1Oc1c2ccc2ccccc12. The second-order valence-electron chi connectivity index (χ2n) is 12.8. The maximum atomic E-state index is 6.88. The molecule has 2 aromatic heterocycles. The van der Waals surface area contributed by atoms with E-state index in [0.29, 0.717) is 5.82 Å². The summed E-state index contributed by atoms with van der Waals surface area (Å²) in [6.07, 6.45) is 8.13. The summed E-state index contributed by atoms with van der Waals surface area (Å²) in [6, 6.07) is 53.2. The molecule has 1 spiro atoms. The Hall–Kier alpha value is -6.65. The predicted octanol–water partition coefficient (Wildman–Crippen LogP) is 11.0. The highest BCUT2D eigenvalue weighted by atomic mass is 16.5. The van der Waals surface area contributed by atoms with E-state index >= 15 is 0 Å². The molecule has 6 aromatic carbocycles. The summed E-state index contributed by atoms with van der Waals surface area (Å²) in [5.74, 6) is 2.39. The van der Waals surface area contributed by atoms with Gasteiger partial charge in [0.2, 0.25) is 0 Å². The van der Waals surface area contributed by atoms with Gasteiger partial charge in [0.25, 0.3) is 0 Å². The molecule has 0 saturated heterocycles. The first-order valence-corrected chi connectivity index (χ1v) is 16.8. The van der Waals surface area contributed by atoms with E-state index in [2.05, 4.69) is 138 Å². The second kappa shape index (κ2) is 11.2. The number of ether oxygens (including phenoxy) is 1. The zero-order valence-electron chi connectivity index (χ0n) is 27.0. The van der Waals surface area contributed by atoms with Gasteiger partial charge in [0, 0.05) is 45.6 Å². The highest BCUT2D eigenvalue weighted by molar-refractivity contribution is 5.94. The molecule has 1 aliphatic heterocycles. The lowest BCUT2D eigenvalue weighted by Crippen LogP contribution is -2.35. The second-order valence-corrected chi connectivity index (χ2v) is 12.8. The van der Waals surface area contributed by atoms with Crippen molar-refractivity contribution in [1.29, 1.82) is 0 Å². The molecule has 10 rings (SSSR count). The van der Waals surface area contributed by atoms with Crippen molar-refractivity contribution in [2.45, 2.75) is 5.41 Å². The van der Waals surface area contributed by atoms with Gasteiger partial charge in [-0.05, 0) is 58.0 Å². The van der Waals surface area contributed by atoms with Crippen LogP contribution in [-0.4, -0.2) is 15.0 Å². The van der Waals surface area contributed by atoms with Crippen molar-refractivity contribution >= 4 is 22.9 Å². The Balaban J connectivity index is 1.30. The first-order chi connectivity index (χ1) is 24.8. The van der Waals surface area contributed by atoms with Crippen molar-refractivity contribution in [2.75, 3.05) is 0 Å². The van der Waals surface area contributed by atoms with Gasteiger partial charge in [-0.2, -0.15) is 0 Å². The number of hydrogen-bond donors (Lipinski definition) is 0. The summed E-state index contributed by atoms with van der Waals surface area (Å²) >= 11 is 0. The Bertz CT molecular complexity index is 2570. The molecule has 0 N–H and O–H groups in total. The van der Waals surface area contributed by atoms with Gasteiger partial charge < -0.3 is 4.74 Å². The van der Waals surface area contributed by atoms with Crippen molar-refractivity contribution in [3.05, 3.63) is 197 Å². The highest BCUT2D eigenvalue weighted by Gasteiger charge is 2.48. The maximum Gasteiger partial charge on any atom is 0.160 e. The quantitative estimate of drug-likeness (QED) is 0.193. The standard InChI is InChI=1S/C46H29N3O/c1-2-13-33(14-3-1)41-28-42(35-15-10-26-47-29-35)49-45(48-41)34-23-22-32-21-20-31-12-5-7-17-37(31)46(40(32)27-34)38-18-8-9-19-43(38)50-44-36-16-6-4-11-30(36)24-25-39(44)46/h1-29H. The van der Waals surface area contributed by atoms with Gasteiger partial charge in [0.15, 0.2) is 5.82 Å². The molecule has 2 aliphatic rings. The molecule has 4 heteroatoms. The molecule has 0 radical (unpaired) electrons. The van der Waals surface area contributed by atoms with Crippen molar-refractivity contribution in [1.82, 2.24) is 15.0 Å². The van der Waals surface area contributed by atoms with Gasteiger partial charge in [-0.25, -0.2) is 9.97 Å². The van der Waals surface area contributed by atoms with Gasteiger partial charge in [0.05, 0.1) is 16.8 Å². The van der Waals surface area contributed by atoms with Crippen LogP contribution in [0.25, 0.3) is 56.8 Å². The Labute approximate surface area is 290 Å². The summed E-state index contributed by atoms with van der Waals surface area (Å²) < 4.78 is 6.88. The fourth-order valence-electron chi connectivity index (χ4n) is 7.82. The minimum absolute atomic E-state index is 0.656. The number of nitrogens with zero attached hydrogens (tertiary/aromatic N) is 3. The summed E-state index contributed by atoms with van der Waals surface area (Å²) in [7, 11) is 0. The number of rotatable bonds is 3. The maximum absolute atomic E-state index is 6.88. The van der Waals surface area contributed by atoms with Crippen LogP contribution in [0.2, 0.25) is 0 Å². The third kappa shape index (κ3) is 4.28. The summed E-state index contributed by atoms with van der Waals surface area (Å²) in [4.78, 5) is 14.8. The molecule has 0 amide bonds. The number of hydrogen-bond acceptors (Lipinski definition) is 4. The third-order valence-corrected chi connectivity index (χ3v) is 10.1. The predicted molar refractivity (Wildman–Crippen MR) is 201 cm³/mol. The Morgan fingerprint density at radius 3 is 2.06 bits per heavy atom. The van der Waals surface area contributed by atoms with Crippen LogP contribution in [0.15, 0.2) is 164 Å². The van der Waals surface area contributed by atoms with Gasteiger partial charge in [-0.15, -0.1) is 0 Å². The summed E-state index contributed by atoms with van der Waals surface area (Å²) in [5.41, 5.74) is 10.8. The summed E-state index contributed by atoms with van der Waals surface area (Å²) in [5, 5.41) is 2.23. The average Bonchev–Trinajstić information content (AvgIpc) is 3.33. The molecule has 4 nitrogen and oxygen atoms in total. The van der Waals surface area contributed by atoms with Crippen molar-refractivity contribution < 1.29 is 4.74 Å². The zero-order valence-corrected chi connectivity index (χ0v) is 27.0. The van der Waals surface area contributed by atoms with Crippen LogP contribution in [0.5, 0.6) is 11.5 Å². The lowest BCUT2D eigenvalue weighted by molar-refractivity contribution is 0.439. The van der Waals surface area contributed by atoms with Crippen molar-refractivity contribution in [2.24, 2.45) is 0 Å². The molecule has 0 bridgehead atoms. The van der Waals surface area contributed by atoms with E-state index in [1.165, 1.54) is 11.1 Å². The molecule has 0 fully saturated rings. The van der Waals surface area contributed by atoms with E-state index in [1.807, 2.05) is 36.5 Å². The molecule has 3 heterocycles. The van der Waals surface area contributed by atoms with Crippen LogP contribution >= 0.6 is 0 Å². The topological polar surface area (TPSA) is 47.9 Å². The number of aromatic nitrogens is 3. The van der Waals surface area contributed by atoms with Gasteiger partial charge in [-0.1, -0.05) is 133 Å². The molecule has 0 saturated carbocycles. The molecule has 50 heavy (non-hydrogen) atoms. The fraction of sp³-hybridized carbons (Fsp3) is 0.0217. The van der Waals surface area contributed by atoms with Crippen LogP contribution in [0.4, 0.5) is 0 Å². The normalized spacial score (nSPS) is 15.4. The van der Waals surface area contributed by atoms with Crippen molar-refractivity contribution in [3.63, 3.8) is 0 Å². The van der Waals surface area contributed by atoms with Crippen LogP contribution < -0.4 is 4.74 Å². The van der Waals surface area contributed by atoms with E-state index in [1.54, 1.807) is 6.20 Å². The smallest absolute Gasteiger partial charge is 0.160 e. The van der Waals surface area contributed by atoms with Crippen LogP contribution in [0.1, 0.15) is 33.4 Å². The van der Waals surface area contributed by atoms with E-state index in [-0.39, 0.29) is 0 Å². The molecule has 1 unspecified atom stereocenters. The summed E-state index contributed by atoms with van der Waals surface area (Å²) in [6.45, 7) is 0. The van der Waals surface area contributed by atoms with Crippen molar-refractivity contribution in [3.8, 4) is 45.4 Å². The van der Waals surface area contributed by atoms with Crippen LogP contribution in [0.3, 0.4) is 0 Å². The molecule has 1 aliphatic carbocycles. The Kier molecular flexibility index (Phi) is 6.36. The largest absolute Gasteiger partial charge is 0.456 e. The lowest BCUT2D eigenvalue weighted by atomic mass is 9.62. The van der Waals surface area contributed by atoms with Crippen LogP contribution in [0, 0.1) is 0 Å². The van der Waals surface area contributed by atoms with Gasteiger partial charge in [-0.3, -0.25) is 4.98 Å². The number of fused-ring (bicyclic) bond motifs is 10. The lowest BCUT2D eigenvalue weighted by Gasteiger charge is -2.42. The van der Waals surface area contributed by atoms with E-state index in [0.717, 1.165) is 72.6 Å². The van der Waals surface area contributed by atoms with Gasteiger partial charge >= 0.3 is 0 Å². The van der Waals surface area contributed by atoms with Gasteiger partial charge in [0.1, 0.15) is 11.5 Å². The average molecular weight is 640 g/mol. The molecular formula is C46H29N3O. The zero-order chi connectivity index (χ0) is 33.1. The monoisotopic (exact) mass is 639 g/mol. The molecule has 234 valence electrons. The third-order valence-electron chi connectivity index (χ3n) is 10.1. The molecule has 1 atom stereocenters. The van der Waals surface area contributed by atoms with E-state index < -0.39 is 5.41 Å². The minimum Gasteiger partial charge on any atom is -0.456 e. The van der Waals surface area contributed by atoms with E-state index in [9.17, 15) is 0 Å². The fourth-order valence-corrected chi connectivity index (χ4v) is 7.82. The number of para-hydroxylation sites is 1. The van der Waals surface area contributed by atoms with E-state index in [4.69, 9.17) is 14.7 Å².